The third-order valence-corrected chi connectivity index (χ3v) is 4.25. The maximum absolute atomic E-state index is 14.2. The molecule has 2 aromatic heterocycles. The predicted octanol–water partition coefficient (Wildman–Crippen LogP) is 2.26. The van der Waals surface area contributed by atoms with E-state index in [2.05, 4.69) is 15.2 Å². The van der Waals surface area contributed by atoms with Gasteiger partial charge >= 0.3 is 0 Å². The van der Waals surface area contributed by atoms with Crippen LogP contribution in [0.2, 0.25) is 5.02 Å². The van der Waals surface area contributed by atoms with E-state index in [1.54, 1.807) is 17.9 Å². The summed E-state index contributed by atoms with van der Waals surface area (Å²) >= 11 is 6.13. The lowest BCUT2D eigenvalue weighted by Gasteiger charge is -2.08. The number of nitrogens with zero attached hydrogens (tertiary/aromatic N) is 5. The van der Waals surface area contributed by atoms with Gasteiger partial charge in [-0.1, -0.05) is 11.6 Å². The van der Waals surface area contributed by atoms with Crippen LogP contribution in [0.5, 0.6) is 0 Å². The molecular weight excluding hydrogens is 297 g/mol. The van der Waals surface area contributed by atoms with Crippen LogP contribution in [0.3, 0.4) is 0 Å². The molecule has 2 aromatic rings. The van der Waals surface area contributed by atoms with Gasteiger partial charge in [0.25, 0.3) is 0 Å². The summed E-state index contributed by atoms with van der Waals surface area (Å²) in [5.41, 5.74) is 0.566. The van der Waals surface area contributed by atoms with Gasteiger partial charge in [-0.25, -0.2) is 14.1 Å². The summed E-state index contributed by atoms with van der Waals surface area (Å²) < 4.78 is 17.2. The van der Waals surface area contributed by atoms with E-state index in [-0.39, 0.29) is 29.8 Å². The third kappa shape index (κ3) is 1.98. The number of hydrogen-bond donors (Lipinski definition) is 0. The number of aryl methyl sites for hydroxylation is 1. The molecule has 4 rings (SSSR count). The molecule has 1 aliphatic heterocycles. The summed E-state index contributed by atoms with van der Waals surface area (Å²) in [7, 11) is 1.75. The molecule has 2 aliphatic rings. The van der Waals surface area contributed by atoms with Crippen molar-refractivity contribution in [2.45, 2.75) is 31.5 Å². The van der Waals surface area contributed by atoms with Crippen LogP contribution in [-0.2, 0) is 7.05 Å². The average molecular weight is 310 g/mol. The number of carbonyl (C=O) groups is 1. The van der Waals surface area contributed by atoms with Crippen molar-refractivity contribution in [1.82, 2.24) is 24.5 Å². The van der Waals surface area contributed by atoms with Crippen LogP contribution in [-0.4, -0.2) is 30.3 Å². The Morgan fingerprint density at radius 1 is 1.43 bits per heavy atom. The van der Waals surface area contributed by atoms with Crippen LogP contribution in [0.25, 0.3) is 0 Å². The highest BCUT2D eigenvalue weighted by atomic mass is 35.5. The van der Waals surface area contributed by atoms with E-state index < -0.39 is 12.2 Å². The summed E-state index contributed by atoms with van der Waals surface area (Å²) in [6.45, 7) is 0. The minimum atomic E-state index is -1.25. The number of carbonyl (C=O) groups excluding carboxylic acids is 1. The highest BCUT2D eigenvalue weighted by Gasteiger charge is 2.40. The largest absolute Gasteiger partial charge is 0.290 e. The molecule has 110 valence electrons. The van der Waals surface area contributed by atoms with E-state index in [4.69, 9.17) is 11.6 Å². The van der Waals surface area contributed by atoms with Crippen LogP contribution >= 0.6 is 11.6 Å². The molecule has 0 amide bonds. The Kier molecular flexibility index (Phi) is 2.69. The molecule has 21 heavy (non-hydrogen) atoms. The first kappa shape index (κ1) is 12.9. The second-order valence-corrected chi connectivity index (χ2v) is 6.04. The molecule has 0 aromatic carbocycles. The summed E-state index contributed by atoms with van der Waals surface area (Å²) in [6.07, 6.45) is 2.36. The van der Waals surface area contributed by atoms with Crippen LogP contribution < -0.4 is 0 Å². The number of aromatic nitrogens is 5. The van der Waals surface area contributed by atoms with Crippen LogP contribution in [0, 0.1) is 5.92 Å². The Balaban J connectivity index is 1.74. The molecule has 0 N–H and O–H groups in total. The highest BCUT2D eigenvalue weighted by molar-refractivity contribution is 6.31. The Morgan fingerprint density at radius 3 is 2.81 bits per heavy atom. The monoisotopic (exact) mass is 309 g/mol. The first-order chi connectivity index (χ1) is 10.0. The maximum atomic E-state index is 14.2. The van der Waals surface area contributed by atoms with Crippen LogP contribution in [0.4, 0.5) is 4.39 Å². The lowest BCUT2D eigenvalue weighted by molar-refractivity contribution is 0.0956. The smallest absolute Gasteiger partial charge is 0.217 e. The van der Waals surface area contributed by atoms with Gasteiger partial charge in [0.15, 0.2) is 12.0 Å². The van der Waals surface area contributed by atoms with E-state index in [1.165, 1.54) is 4.68 Å². The quantitative estimate of drug-likeness (QED) is 0.816. The zero-order chi connectivity index (χ0) is 14.7. The third-order valence-electron chi connectivity index (χ3n) is 3.96. The molecule has 1 fully saturated rings. The van der Waals surface area contributed by atoms with Gasteiger partial charge in [-0.05, 0) is 12.8 Å². The fraction of sp³-hybridized carbons (Fsp3) is 0.538. The van der Waals surface area contributed by atoms with Crippen molar-refractivity contribution in [2.75, 3.05) is 0 Å². The molecule has 0 unspecified atom stereocenters. The van der Waals surface area contributed by atoms with E-state index in [0.29, 0.717) is 10.7 Å². The van der Waals surface area contributed by atoms with Gasteiger partial charge in [-0.2, -0.15) is 5.10 Å². The molecule has 8 heteroatoms. The van der Waals surface area contributed by atoms with Gasteiger partial charge in [0.1, 0.15) is 11.7 Å². The topological polar surface area (TPSA) is 65.6 Å². The second-order valence-electron chi connectivity index (χ2n) is 5.63. The summed E-state index contributed by atoms with van der Waals surface area (Å²) in [4.78, 5) is 16.1. The minimum Gasteiger partial charge on any atom is -0.290 e. The van der Waals surface area contributed by atoms with Crippen LogP contribution in [0.1, 0.15) is 53.6 Å². The van der Waals surface area contributed by atoms with Gasteiger partial charge in [-0.15, -0.1) is 5.10 Å². The Hall–Kier alpha value is -1.76. The first-order valence-electron chi connectivity index (χ1n) is 6.88. The van der Waals surface area contributed by atoms with Gasteiger partial charge in [0.05, 0.1) is 5.02 Å². The number of hydrogen-bond acceptors (Lipinski definition) is 4. The first-order valence-corrected chi connectivity index (χ1v) is 7.26. The van der Waals surface area contributed by atoms with Gasteiger partial charge in [0.2, 0.25) is 11.6 Å². The number of ketones is 1. The van der Waals surface area contributed by atoms with Crippen molar-refractivity contribution >= 4 is 17.4 Å². The normalized spacial score (nSPS) is 24.3. The van der Waals surface area contributed by atoms with Crippen molar-refractivity contribution in [3.05, 3.63) is 28.6 Å². The second kappa shape index (κ2) is 4.37. The molecule has 2 atom stereocenters. The van der Waals surface area contributed by atoms with E-state index in [9.17, 15) is 9.18 Å². The molecule has 1 saturated carbocycles. The molecule has 3 heterocycles. The molecular formula is C13H13ClFN5O. The van der Waals surface area contributed by atoms with Gasteiger partial charge in [-0.3, -0.25) is 9.48 Å². The Morgan fingerprint density at radius 2 is 2.19 bits per heavy atom. The van der Waals surface area contributed by atoms with Crippen LogP contribution in [0.15, 0.2) is 6.20 Å². The average Bonchev–Trinajstić information content (AvgIpc) is 3.00. The molecule has 0 spiro atoms. The number of rotatable bonds is 3. The Labute approximate surface area is 124 Å². The number of alkyl halides is 1. The van der Waals surface area contributed by atoms with E-state index >= 15 is 0 Å². The molecule has 0 bridgehead atoms. The minimum absolute atomic E-state index is 0.0167. The number of halogens is 2. The predicted molar refractivity (Wildman–Crippen MR) is 71.9 cm³/mol. The highest BCUT2D eigenvalue weighted by Crippen LogP contribution is 2.41. The summed E-state index contributed by atoms with van der Waals surface area (Å²) in [6, 6.07) is -0.406. The standard InChI is InChI=1S/C13H13ClFN5O/c1-19-5-7(14)10(17-19)9-4-8(15)13-16-12(18-20(9)13)11(21)6-2-3-6/h5-6,8-9H,2-4H2,1H3/t8-,9-/m0/s1. The van der Waals surface area contributed by atoms with Crippen molar-refractivity contribution in [1.29, 1.82) is 0 Å². The molecule has 6 nitrogen and oxygen atoms in total. The molecule has 0 saturated heterocycles. The fourth-order valence-corrected chi connectivity index (χ4v) is 3.05. The summed E-state index contributed by atoms with van der Waals surface area (Å²) in [5, 5.41) is 8.96. The van der Waals surface area contributed by atoms with E-state index in [0.717, 1.165) is 12.8 Å². The maximum Gasteiger partial charge on any atom is 0.217 e. The number of fused-ring (bicyclic) bond motifs is 1. The summed E-state index contributed by atoms with van der Waals surface area (Å²) in [5.74, 6) is 0.246. The number of Topliss-reactive ketones (excluding diaryl/α,β-unsaturated/α-hetero) is 1. The van der Waals surface area contributed by atoms with Gasteiger partial charge in [0, 0.05) is 25.6 Å². The zero-order valence-corrected chi connectivity index (χ0v) is 12.1. The van der Waals surface area contributed by atoms with Crippen molar-refractivity contribution < 1.29 is 9.18 Å². The van der Waals surface area contributed by atoms with Crippen molar-refractivity contribution in [2.24, 2.45) is 13.0 Å². The Bertz CT molecular complexity index is 735. The molecule has 1 aliphatic carbocycles. The van der Waals surface area contributed by atoms with Crippen molar-refractivity contribution in [3.63, 3.8) is 0 Å². The van der Waals surface area contributed by atoms with Crippen molar-refractivity contribution in [3.8, 4) is 0 Å². The molecule has 0 radical (unpaired) electrons. The lowest BCUT2D eigenvalue weighted by Crippen LogP contribution is -2.11. The lowest BCUT2D eigenvalue weighted by atomic mass is 10.1. The SMILES string of the molecule is Cn1cc(Cl)c([C@@H]2C[C@H](F)c3nc(C(=O)C4CC4)nn32)n1. The fourth-order valence-electron chi connectivity index (χ4n) is 2.74. The zero-order valence-electron chi connectivity index (χ0n) is 11.3. The van der Waals surface area contributed by atoms with Gasteiger partial charge < -0.3 is 0 Å². The van der Waals surface area contributed by atoms with E-state index in [1.807, 2.05) is 0 Å².